The molecule has 0 aromatic rings. The summed E-state index contributed by atoms with van der Waals surface area (Å²) in [6.45, 7) is 3.84. The van der Waals surface area contributed by atoms with E-state index < -0.39 is 12.1 Å². The number of halogens is 3. The number of nitrogens with zero attached hydrogens (tertiary/aromatic N) is 1. The van der Waals surface area contributed by atoms with Crippen LogP contribution in [0.2, 0.25) is 0 Å². The number of nitrogens with one attached hydrogen (secondary N) is 1. The fraction of sp³-hybridized carbons (Fsp3) is 1.00. The molecule has 0 amide bonds. The first-order chi connectivity index (χ1) is 7.45. The number of likely N-dealkylation sites (tertiary alicyclic amines) is 1. The van der Waals surface area contributed by atoms with Crippen molar-refractivity contribution in [2.75, 3.05) is 26.7 Å². The van der Waals surface area contributed by atoms with Crippen molar-refractivity contribution in [2.24, 2.45) is 5.92 Å². The third-order valence-corrected chi connectivity index (χ3v) is 3.35. The minimum atomic E-state index is -4.03. The van der Waals surface area contributed by atoms with Crippen LogP contribution in [0.5, 0.6) is 0 Å². The molecule has 96 valence electrons. The first-order valence-electron chi connectivity index (χ1n) is 5.90. The Morgan fingerprint density at radius 2 is 2.12 bits per heavy atom. The van der Waals surface area contributed by atoms with E-state index in [0.717, 1.165) is 19.5 Å². The molecule has 0 aliphatic carbocycles. The predicted molar refractivity (Wildman–Crippen MR) is 58.4 cm³/mol. The molecule has 0 spiro atoms. The van der Waals surface area contributed by atoms with Crippen molar-refractivity contribution in [3.63, 3.8) is 0 Å². The molecule has 2 atom stereocenters. The largest absolute Gasteiger partial charge is 0.393 e. The molecule has 0 radical (unpaired) electrons. The maximum atomic E-state index is 12.6. The second-order valence-electron chi connectivity index (χ2n) is 4.62. The molecule has 1 N–H and O–H groups in total. The van der Waals surface area contributed by atoms with E-state index in [1.807, 2.05) is 18.9 Å². The van der Waals surface area contributed by atoms with Gasteiger partial charge in [-0.3, -0.25) is 0 Å². The summed E-state index contributed by atoms with van der Waals surface area (Å²) in [6, 6.07) is 0.234. The minimum absolute atomic E-state index is 0.175. The normalized spacial score (nSPS) is 25.7. The lowest BCUT2D eigenvalue weighted by Gasteiger charge is -2.37. The second-order valence-corrected chi connectivity index (χ2v) is 4.62. The van der Waals surface area contributed by atoms with Gasteiger partial charge < -0.3 is 10.2 Å². The van der Waals surface area contributed by atoms with Crippen LogP contribution in [0.3, 0.4) is 0 Å². The fourth-order valence-electron chi connectivity index (χ4n) is 2.21. The number of hydrogen-bond acceptors (Lipinski definition) is 2. The molecular formula is C11H21F3N2. The molecule has 1 rings (SSSR count). The van der Waals surface area contributed by atoms with Crippen LogP contribution in [0.4, 0.5) is 13.2 Å². The number of alkyl halides is 3. The Labute approximate surface area is 95.2 Å². The van der Waals surface area contributed by atoms with Gasteiger partial charge in [-0.15, -0.1) is 0 Å². The van der Waals surface area contributed by atoms with Gasteiger partial charge in [-0.25, -0.2) is 0 Å². The maximum absolute atomic E-state index is 12.6. The Balaban J connectivity index is 2.43. The quantitative estimate of drug-likeness (QED) is 0.808. The maximum Gasteiger partial charge on any atom is 0.393 e. The monoisotopic (exact) mass is 238 g/mol. The van der Waals surface area contributed by atoms with Gasteiger partial charge in [0.05, 0.1) is 5.92 Å². The summed E-state index contributed by atoms with van der Waals surface area (Å²) in [4.78, 5) is 1.97. The number of hydrogen-bond donors (Lipinski definition) is 1. The van der Waals surface area contributed by atoms with Gasteiger partial charge in [-0.1, -0.05) is 0 Å². The molecule has 2 unspecified atom stereocenters. The lowest BCUT2D eigenvalue weighted by molar-refractivity contribution is -0.188. The van der Waals surface area contributed by atoms with Crippen molar-refractivity contribution < 1.29 is 13.2 Å². The van der Waals surface area contributed by atoms with Crippen molar-refractivity contribution in [2.45, 2.75) is 38.4 Å². The molecule has 5 heteroatoms. The standard InChI is InChI=1S/C11H21F3N2/c1-9(5-6-15-2)16-7-3-4-10(8-16)11(12,13)14/h9-10,15H,3-8H2,1-2H3. The van der Waals surface area contributed by atoms with E-state index in [0.29, 0.717) is 12.8 Å². The highest BCUT2D eigenvalue weighted by Gasteiger charge is 2.42. The molecule has 1 heterocycles. The highest BCUT2D eigenvalue weighted by molar-refractivity contribution is 4.81. The highest BCUT2D eigenvalue weighted by atomic mass is 19.4. The summed E-state index contributed by atoms with van der Waals surface area (Å²) >= 11 is 0. The van der Waals surface area contributed by atoms with Crippen LogP contribution in [0.15, 0.2) is 0 Å². The van der Waals surface area contributed by atoms with E-state index in [-0.39, 0.29) is 12.6 Å². The zero-order valence-corrected chi connectivity index (χ0v) is 9.98. The molecular weight excluding hydrogens is 217 g/mol. The molecule has 1 aliphatic rings. The van der Waals surface area contributed by atoms with E-state index in [1.165, 1.54) is 0 Å². The molecule has 0 saturated carbocycles. The van der Waals surface area contributed by atoms with Gasteiger partial charge >= 0.3 is 6.18 Å². The molecule has 2 nitrogen and oxygen atoms in total. The highest BCUT2D eigenvalue weighted by Crippen LogP contribution is 2.33. The van der Waals surface area contributed by atoms with Crippen molar-refractivity contribution in [1.82, 2.24) is 10.2 Å². The van der Waals surface area contributed by atoms with Crippen molar-refractivity contribution in [3.8, 4) is 0 Å². The summed E-state index contributed by atoms with van der Waals surface area (Å²) in [5, 5.41) is 3.03. The van der Waals surface area contributed by atoms with Crippen molar-refractivity contribution in [3.05, 3.63) is 0 Å². The third kappa shape index (κ3) is 3.94. The zero-order chi connectivity index (χ0) is 12.2. The first-order valence-corrected chi connectivity index (χ1v) is 5.90. The Bertz CT molecular complexity index is 206. The lowest BCUT2D eigenvalue weighted by Crippen LogP contribution is -2.46. The smallest absolute Gasteiger partial charge is 0.320 e. The van der Waals surface area contributed by atoms with Crippen LogP contribution in [-0.4, -0.2) is 43.8 Å². The zero-order valence-electron chi connectivity index (χ0n) is 9.98. The van der Waals surface area contributed by atoms with Crippen LogP contribution in [0.1, 0.15) is 26.2 Å². The summed E-state index contributed by atoms with van der Waals surface area (Å²) < 4.78 is 37.8. The fourth-order valence-corrected chi connectivity index (χ4v) is 2.21. The Morgan fingerprint density at radius 1 is 1.44 bits per heavy atom. The van der Waals surface area contributed by atoms with E-state index in [4.69, 9.17) is 0 Å². The van der Waals surface area contributed by atoms with Gasteiger partial charge in [-0.05, 0) is 46.3 Å². The van der Waals surface area contributed by atoms with Crippen LogP contribution < -0.4 is 5.32 Å². The summed E-state index contributed by atoms with van der Waals surface area (Å²) in [6.07, 6.45) is -2.17. The van der Waals surface area contributed by atoms with Gasteiger partial charge in [0.15, 0.2) is 0 Å². The van der Waals surface area contributed by atoms with E-state index >= 15 is 0 Å². The predicted octanol–water partition coefficient (Wildman–Crippen LogP) is 2.26. The Morgan fingerprint density at radius 3 is 2.69 bits per heavy atom. The molecule has 16 heavy (non-hydrogen) atoms. The average molecular weight is 238 g/mol. The lowest BCUT2D eigenvalue weighted by atomic mass is 9.96. The summed E-state index contributed by atoms with van der Waals surface area (Å²) in [7, 11) is 1.86. The van der Waals surface area contributed by atoms with Gasteiger partial charge in [0.2, 0.25) is 0 Å². The van der Waals surface area contributed by atoms with E-state index in [2.05, 4.69) is 5.32 Å². The van der Waals surface area contributed by atoms with E-state index in [1.54, 1.807) is 0 Å². The third-order valence-electron chi connectivity index (χ3n) is 3.35. The Kier molecular flexibility index (Phi) is 5.05. The van der Waals surface area contributed by atoms with Gasteiger partial charge in [-0.2, -0.15) is 13.2 Å². The molecule has 0 aromatic heterocycles. The molecule has 1 fully saturated rings. The second kappa shape index (κ2) is 5.87. The number of rotatable bonds is 4. The van der Waals surface area contributed by atoms with Crippen molar-refractivity contribution in [1.29, 1.82) is 0 Å². The SMILES string of the molecule is CNCCC(C)N1CCCC(C(F)(F)F)C1. The summed E-state index contributed by atoms with van der Waals surface area (Å²) in [5.74, 6) is -1.13. The van der Waals surface area contributed by atoms with Gasteiger partial charge in [0, 0.05) is 12.6 Å². The number of piperidine rings is 1. The minimum Gasteiger partial charge on any atom is -0.320 e. The first kappa shape index (κ1) is 13.8. The van der Waals surface area contributed by atoms with Gasteiger partial charge in [0.25, 0.3) is 0 Å². The van der Waals surface area contributed by atoms with Crippen LogP contribution in [-0.2, 0) is 0 Å². The van der Waals surface area contributed by atoms with Crippen LogP contribution >= 0.6 is 0 Å². The molecule has 0 aromatic carbocycles. The molecule has 1 saturated heterocycles. The molecule has 0 bridgehead atoms. The Hall–Kier alpha value is -0.290. The topological polar surface area (TPSA) is 15.3 Å². The van der Waals surface area contributed by atoms with E-state index in [9.17, 15) is 13.2 Å². The average Bonchev–Trinajstić information content (AvgIpc) is 2.25. The van der Waals surface area contributed by atoms with Gasteiger partial charge in [0.1, 0.15) is 0 Å². The van der Waals surface area contributed by atoms with Crippen LogP contribution in [0, 0.1) is 5.92 Å². The molecule has 1 aliphatic heterocycles. The summed E-state index contributed by atoms with van der Waals surface area (Å²) in [5.41, 5.74) is 0. The van der Waals surface area contributed by atoms with Crippen molar-refractivity contribution >= 4 is 0 Å². The van der Waals surface area contributed by atoms with Crippen LogP contribution in [0.25, 0.3) is 0 Å².